The van der Waals surface area contributed by atoms with Crippen LogP contribution in [0.3, 0.4) is 0 Å². The van der Waals surface area contributed by atoms with Crippen LogP contribution in [-0.4, -0.2) is 24.8 Å². The van der Waals surface area contributed by atoms with Crippen molar-refractivity contribution in [3.8, 4) is 0 Å². The van der Waals surface area contributed by atoms with Gasteiger partial charge in [-0.25, -0.2) is 0 Å². The summed E-state index contributed by atoms with van der Waals surface area (Å²) in [5.74, 6) is 0. The van der Waals surface area contributed by atoms with E-state index < -0.39 is 0 Å². The Kier molecular flexibility index (Phi) is 7.14. The average Bonchev–Trinajstić information content (AvgIpc) is 2.39. The minimum atomic E-state index is 0.117. The standard InChI is InChI=1S/C15H31NO/c1-4-7-8-9-10-11-14-12-16-13-15(5-2,6-3)17-14/h14,16H,4-13H2,1-3H3. The SMILES string of the molecule is CCCCCCCC1CNCC(CC)(CC)O1. The molecule has 1 fully saturated rings. The molecule has 0 saturated carbocycles. The van der Waals surface area contributed by atoms with E-state index in [1.165, 1.54) is 38.5 Å². The zero-order valence-electron chi connectivity index (χ0n) is 12.1. The van der Waals surface area contributed by atoms with Gasteiger partial charge in [0.2, 0.25) is 0 Å². The van der Waals surface area contributed by atoms with E-state index in [1.54, 1.807) is 0 Å². The van der Waals surface area contributed by atoms with E-state index in [1.807, 2.05) is 0 Å². The van der Waals surface area contributed by atoms with Crippen molar-refractivity contribution < 1.29 is 4.74 Å². The van der Waals surface area contributed by atoms with Gasteiger partial charge in [-0.15, -0.1) is 0 Å². The largest absolute Gasteiger partial charge is 0.369 e. The molecule has 0 aromatic heterocycles. The third-order valence-corrected chi connectivity index (χ3v) is 4.15. The lowest BCUT2D eigenvalue weighted by Gasteiger charge is -2.41. The Bertz CT molecular complexity index is 189. The van der Waals surface area contributed by atoms with E-state index in [2.05, 4.69) is 26.1 Å². The molecule has 1 heterocycles. The molecule has 1 unspecified atom stereocenters. The molecule has 2 nitrogen and oxygen atoms in total. The molecule has 1 rings (SSSR count). The lowest BCUT2D eigenvalue weighted by Crippen LogP contribution is -2.53. The fourth-order valence-corrected chi connectivity index (χ4v) is 2.70. The maximum absolute atomic E-state index is 6.32. The van der Waals surface area contributed by atoms with Gasteiger partial charge in [-0.05, 0) is 19.3 Å². The maximum Gasteiger partial charge on any atom is 0.0805 e. The molecule has 0 aliphatic carbocycles. The summed E-state index contributed by atoms with van der Waals surface area (Å²) in [6, 6.07) is 0. The van der Waals surface area contributed by atoms with E-state index in [9.17, 15) is 0 Å². The van der Waals surface area contributed by atoms with Gasteiger partial charge >= 0.3 is 0 Å². The maximum atomic E-state index is 6.32. The molecule has 0 radical (unpaired) electrons. The molecule has 1 aliphatic heterocycles. The van der Waals surface area contributed by atoms with Crippen LogP contribution in [0.4, 0.5) is 0 Å². The number of rotatable bonds is 8. The minimum absolute atomic E-state index is 0.117. The van der Waals surface area contributed by atoms with E-state index in [0.717, 1.165) is 25.9 Å². The molecule has 17 heavy (non-hydrogen) atoms. The Morgan fingerprint density at radius 2 is 1.76 bits per heavy atom. The fourth-order valence-electron chi connectivity index (χ4n) is 2.70. The third kappa shape index (κ3) is 4.97. The molecule has 2 heteroatoms. The van der Waals surface area contributed by atoms with Crippen molar-refractivity contribution in [1.29, 1.82) is 0 Å². The van der Waals surface area contributed by atoms with Crippen molar-refractivity contribution in [2.24, 2.45) is 0 Å². The number of nitrogens with one attached hydrogen (secondary N) is 1. The quantitative estimate of drug-likeness (QED) is 0.651. The van der Waals surface area contributed by atoms with Crippen molar-refractivity contribution in [3.63, 3.8) is 0 Å². The zero-order chi connectivity index (χ0) is 12.6. The Hall–Kier alpha value is -0.0800. The second-order valence-electron chi connectivity index (χ2n) is 5.46. The van der Waals surface area contributed by atoms with Crippen LogP contribution >= 0.6 is 0 Å². The summed E-state index contributed by atoms with van der Waals surface area (Å²) >= 11 is 0. The van der Waals surface area contributed by atoms with E-state index in [0.29, 0.717) is 6.10 Å². The second-order valence-corrected chi connectivity index (χ2v) is 5.46. The van der Waals surface area contributed by atoms with Crippen molar-refractivity contribution in [2.75, 3.05) is 13.1 Å². The van der Waals surface area contributed by atoms with Crippen LogP contribution in [0.15, 0.2) is 0 Å². The monoisotopic (exact) mass is 241 g/mol. The van der Waals surface area contributed by atoms with Gasteiger partial charge in [-0.3, -0.25) is 0 Å². The lowest BCUT2D eigenvalue weighted by atomic mass is 9.94. The number of hydrogen-bond acceptors (Lipinski definition) is 2. The lowest BCUT2D eigenvalue weighted by molar-refractivity contribution is -0.122. The number of hydrogen-bond donors (Lipinski definition) is 1. The average molecular weight is 241 g/mol. The summed E-state index contributed by atoms with van der Waals surface area (Å²) in [4.78, 5) is 0. The van der Waals surface area contributed by atoms with Crippen molar-refractivity contribution in [3.05, 3.63) is 0 Å². The smallest absolute Gasteiger partial charge is 0.0805 e. The van der Waals surface area contributed by atoms with Crippen LogP contribution in [0.2, 0.25) is 0 Å². The first-order valence-electron chi connectivity index (χ1n) is 7.65. The molecule has 1 N–H and O–H groups in total. The topological polar surface area (TPSA) is 21.3 Å². The molecule has 1 aliphatic rings. The number of ether oxygens (including phenoxy) is 1. The van der Waals surface area contributed by atoms with Gasteiger partial charge in [0.15, 0.2) is 0 Å². The number of unbranched alkanes of at least 4 members (excludes halogenated alkanes) is 4. The van der Waals surface area contributed by atoms with Crippen LogP contribution in [0, 0.1) is 0 Å². The molecular weight excluding hydrogens is 210 g/mol. The highest BCUT2D eigenvalue weighted by Crippen LogP contribution is 2.26. The Morgan fingerprint density at radius 1 is 1.06 bits per heavy atom. The molecule has 1 atom stereocenters. The van der Waals surface area contributed by atoms with Gasteiger partial charge in [0, 0.05) is 13.1 Å². The summed E-state index contributed by atoms with van der Waals surface area (Å²) in [6.07, 6.45) is 10.8. The first kappa shape index (κ1) is 15.0. The Labute approximate surface area is 108 Å². The van der Waals surface area contributed by atoms with Gasteiger partial charge in [0.1, 0.15) is 0 Å². The first-order valence-corrected chi connectivity index (χ1v) is 7.65. The van der Waals surface area contributed by atoms with Crippen LogP contribution in [0.1, 0.15) is 72.1 Å². The summed E-state index contributed by atoms with van der Waals surface area (Å²) < 4.78 is 6.32. The zero-order valence-corrected chi connectivity index (χ0v) is 12.1. The van der Waals surface area contributed by atoms with Gasteiger partial charge in [-0.1, -0.05) is 52.9 Å². The minimum Gasteiger partial charge on any atom is -0.369 e. The van der Waals surface area contributed by atoms with Crippen LogP contribution in [-0.2, 0) is 4.74 Å². The molecule has 102 valence electrons. The fraction of sp³-hybridized carbons (Fsp3) is 1.00. The predicted molar refractivity (Wildman–Crippen MR) is 74.4 cm³/mol. The summed E-state index contributed by atoms with van der Waals surface area (Å²) in [6.45, 7) is 8.84. The highest BCUT2D eigenvalue weighted by atomic mass is 16.5. The third-order valence-electron chi connectivity index (χ3n) is 4.15. The molecule has 1 saturated heterocycles. The second kappa shape index (κ2) is 8.10. The summed E-state index contributed by atoms with van der Waals surface area (Å²) in [5, 5.41) is 3.55. The van der Waals surface area contributed by atoms with Gasteiger partial charge in [-0.2, -0.15) is 0 Å². The Morgan fingerprint density at radius 3 is 2.41 bits per heavy atom. The van der Waals surface area contributed by atoms with Gasteiger partial charge in [0.25, 0.3) is 0 Å². The van der Waals surface area contributed by atoms with Crippen LogP contribution in [0.5, 0.6) is 0 Å². The molecule has 0 aromatic carbocycles. The highest BCUT2D eigenvalue weighted by Gasteiger charge is 2.33. The molecular formula is C15H31NO. The predicted octanol–water partition coefficient (Wildman–Crippen LogP) is 3.89. The van der Waals surface area contributed by atoms with E-state index in [4.69, 9.17) is 4.74 Å². The van der Waals surface area contributed by atoms with Crippen molar-refractivity contribution in [2.45, 2.75) is 83.8 Å². The van der Waals surface area contributed by atoms with Gasteiger partial charge in [0.05, 0.1) is 11.7 Å². The molecule has 0 bridgehead atoms. The number of morpholine rings is 1. The summed E-state index contributed by atoms with van der Waals surface area (Å²) in [7, 11) is 0. The molecule has 0 aromatic rings. The highest BCUT2D eigenvalue weighted by molar-refractivity contribution is 4.87. The normalized spacial score (nSPS) is 23.8. The first-order chi connectivity index (χ1) is 8.26. The molecule has 0 amide bonds. The van der Waals surface area contributed by atoms with Crippen molar-refractivity contribution >= 4 is 0 Å². The summed E-state index contributed by atoms with van der Waals surface area (Å²) in [5.41, 5.74) is 0.117. The van der Waals surface area contributed by atoms with Crippen LogP contribution < -0.4 is 5.32 Å². The molecule has 0 spiro atoms. The Balaban J connectivity index is 2.20. The van der Waals surface area contributed by atoms with Crippen molar-refractivity contribution in [1.82, 2.24) is 5.32 Å². The van der Waals surface area contributed by atoms with E-state index >= 15 is 0 Å². The van der Waals surface area contributed by atoms with Gasteiger partial charge < -0.3 is 10.1 Å². The van der Waals surface area contributed by atoms with Crippen LogP contribution in [0.25, 0.3) is 0 Å². The van der Waals surface area contributed by atoms with E-state index in [-0.39, 0.29) is 5.60 Å².